The molecule has 3 aromatic rings. The Kier molecular flexibility index (Phi) is 3.16. The summed E-state index contributed by atoms with van der Waals surface area (Å²) in [5, 5.41) is 8.18. The zero-order valence-corrected chi connectivity index (χ0v) is 11.0. The van der Waals surface area contributed by atoms with Crippen molar-refractivity contribution in [1.29, 1.82) is 0 Å². The van der Waals surface area contributed by atoms with Crippen LogP contribution in [0.15, 0.2) is 57.8 Å². The second kappa shape index (κ2) is 5.13. The minimum atomic E-state index is -0.159. The Labute approximate surface area is 115 Å². The van der Waals surface area contributed by atoms with Crippen LogP contribution in [-0.4, -0.2) is 14.9 Å². The van der Waals surface area contributed by atoms with E-state index in [2.05, 4.69) is 10.3 Å². The molecular formula is C15H13N3O2. The van der Waals surface area contributed by atoms with Crippen LogP contribution in [0, 0.1) is 6.92 Å². The maximum Gasteiger partial charge on any atom is 0.267 e. The summed E-state index contributed by atoms with van der Waals surface area (Å²) in [6.45, 7) is 2.12. The van der Waals surface area contributed by atoms with Crippen LogP contribution >= 0.6 is 0 Å². The third-order valence-corrected chi connectivity index (χ3v) is 2.93. The third-order valence-electron chi connectivity index (χ3n) is 2.93. The fraction of sp³-hybridized carbons (Fsp3) is 0.133. The van der Waals surface area contributed by atoms with Gasteiger partial charge in [0.15, 0.2) is 5.76 Å². The molecule has 0 unspecified atom stereocenters. The van der Waals surface area contributed by atoms with E-state index < -0.39 is 0 Å². The fourth-order valence-corrected chi connectivity index (χ4v) is 1.94. The Balaban J connectivity index is 1.88. The van der Waals surface area contributed by atoms with E-state index in [1.807, 2.05) is 43.3 Å². The molecular weight excluding hydrogens is 254 g/mol. The maximum absolute atomic E-state index is 11.7. The molecule has 0 fully saturated rings. The molecule has 0 bridgehead atoms. The van der Waals surface area contributed by atoms with Crippen molar-refractivity contribution >= 4 is 0 Å². The molecule has 0 amide bonds. The van der Waals surface area contributed by atoms with Crippen molar-refractivity contribution in [3.8, 4) is 11.3 Å². The highest BCUT2D eigenvalue weighted by molar-refractivity contribution is 5.58. The van der Waals surface area contributed by atoms with Crippen LogP contribution in [0.2, 0.25) is 0 Å². The monoisotopic (exact) mass is 267 g/mol. The minimum Gasteiger partial charge on any atom is -0.359 e. The van der Waals surface area contributed by atoms with Crippen molar-refractivity contribution < 1.29 is 4.52 Å². The van der Waals surface area contributed by atoms with Gasteiger partial charge >= 0.3 is 0 Å². The van der Waals surface area contributed by atoms with E-state index in [0.29, 0.717) is 5.76 Å². The van der Waals surface area contributed by atoms with Gasteiger partial charge in [0.25, 0.3) is 5.56 Å². The summed E-state index contributed by atoms with van der Waals surface area (Å²) in [5.41, 5.74) is 2.36. The van der Waals surface area contributed by atoms with Gasteiger partial charge in [-0.3, -0.25) is 4.79 Å². The molecule has 0 spiro atoms. The fourth-order valence-electron chi connectivity index (χ4n) is 1.94. The molecule has 5 heteroatoms. The molecule has 0 aliphatic rings. The number of hydrogen-bond donors (Lipinski definition) is 0. The second-order valence-electron chi connectivity index (χ2n) is 4.52. The molecule has 0 atom stereocenters. The third kappa shape index (κ3) is 2.51. The molecule has 1 aromatic carbocycles. The van der Waals surface area contributed by atoms with Crippen LogP contribution in [0.1, 0.15) is 11.5 Å². The maximum atomic E-state index is 11.7. The van der Waals surface area contributed by atoms with Gasteiger partial charge < -0.3 is 4.52 Å². The normalized spacial score (nSPS) is 10.7. The predicted octanol–water partition coefficient (Wildman–Crippen LogP) is 2.26. The second-order valence-corrected chi connectivity index (χ2v) is 4.52. The van der Waals surface area contributed by atoms with Crippen LogP contribution in [0.4, 0.5) is 0 Å². The lowest BCUT2D eigenvalue weighted by atomic mass is 10.1. The smallest absolute Gasteiger partial charge is 0.267 e. The van der Waals surface area contributed by atoms with E-state index in [9.17, 15) is 4.79 Å². The first-order valence-corrected chi connectivity index (χ1v) is 6.28. The molecule has 5 nitrogen and oxygen atoms in total. The van der Waals surface area contributed by atoms with Gasteiger partial charge in [0.2, 0.25) is 0 Å². The first-order valence-electron chi connectivity index (χ1n) is 6.28. The minimum absolute atomic E-state index is 0.159. The molecule has 0 saturated carbocycles. The van der Waals surface area contributed by atoms with Gasteiger partial charge in [-0.2, -0.15) is 5.10 Å². The van der Waals surface area contributed by atoms with Crippen molar-refractivity contribution in [2.45, 2.75) is 13.5 Å². The highest BCUT2D eigenvalue weighted by Crippen LogP contribution is 2.18. The van der Waals surface area contributed by atoms with Gasteiger partial charge in [-0.25, -0.2) is 4.68 Å². The zero-order valence-electron chi connectivity index (χ0n) is 11.0. The number of nitrogens with zero attached hydrogens (tertiary/aromatic N) is 3. The van der Waals surface area contributed by atoms with E-state index in [1.165, 1.54) is 10.7 Å². The van der Waals surface area contributed by atoms with Gasteiger partial charge in [-0.15, -0.1) is 0 Å². The molecule has 100 valence electrons. The van der Waals surface area contributed by atoms with Crippen LogP contribution < -0.4 is 5.56 Å². The summed E-state index contributed by atoms with van der Waals surface area (Å²) in [6, 6.07) is 14.8. The Morgan fingerprint density at radius 1 is 1.15 bits per heavy atom. The lowest BCUT2D eigenvalue weighted by Gasteiger charge is -2.01. The van der Waals surface area contributed by atoms with Gasteiger partial charge in [0.05, 0.1) is 5.69 Å². The summed E-state index contributed by atoms with van der Waals surface area (Å²) in [5.74, 6) is 0.601. The van der Waals surface area contributed by atoms with Crippen molar-refractivity contribution in [2.24, 2.45) is 0 Å². The molecule has 0 N–H and O–H groups in total. The van der Waals surface area contributed by atoms with Crippen LogP contribution in [-0.2, 0) is 6.54 Å². The Morgan fingerprint density at radius 3 is 2.75 bits per heavy atom. The topological polar surface area (TPSA) is 60.9 Å². The van der Waals surface area contributed by atoms with Crippen molar-refractivity contribution in [2.75, 3.05) is 0 Å². The Hall–Kier alpha value is -2.69. The van der Waals surface area contributed by atoms with E-state index in [0.717, 1.165) is 17.0 Å². The molecule has 3 rings (SSSR count). The van der Waals surface area contributed by atoms with E-state index in [1.54, 1.807) is 6.07 Å². The summed E-state index contributed by atoms with van der Waals surface area (Å²) in [4.78, 5) is 11.7. The van der Waals surface area contributed by atoms with E-state index in [-0.39, 0.29) is 12.1 Å². The molecule has 2 heterocycles. The first kappa shape index (κ1) is 12.3. The standard InChI is InChI=1S/C15H13N3O2/c1-11-7-8-15(19)18(16-11)10-13-9-14(17-20-13)12-5-3-2-4-6-12/h2-9H,10H2,1H3. The number of hydrogen-bond acceptors (Lipinski definition) is 4. The number of aromatic nitrogens is 3. The van der Waals surface area contributed by atoms with Crippen molar-refractivity contribution in [1.82, 2.24) is 14.9 Å². The predicted molar refractivity (Wildman–Crippen MR) is 74.3 cm³/mol. The van der Waals surface area contributed by atoms with Gasteiger partial charge in [0.1, 0.15) is 12.2 Å². The van der Waals surface area contributed by atoms with Crippen LogP contribution in [0.3, 0.4) is 0 Å². The van der Waals surface area contributed by atoms with Gasteiger partial charge in [-0.1, -0.05) is 35.5 Å². The molecule has 20 heavy (non-hydrogen) atoms. The lowest BCUT2D eigenvalue weighted by Crippen LogP contribution is -2.22. The Morgan fingerprint density at radius 2 is 1.95 bits per heavy atom. The average Bonchev–Trinajstić information content (AvgIpc) is 2.92. The number of benzene rings is 1. The SMILES string of the molecule is Cc1ccc(=O)n(Cc2cc(-c3ccccc3)no2)n1. The lowest BCUT2D eigenvalue weighted by molar-refractivity contribution is 0.370. The quantitative estimate of drug-likeness (QED) is 0.730. The summed E-state index contributed by atoms with van der Waals surface area (Å²) < 4.78 is 6.63. The number of rotatable bonds is 3. The summed E-state index contributed by atoms with van der Waals surface area (Å²) in [6.07, 6.45) is 0. The van der Waals surface area contributed by atoms with E-state index >= 15 is 0 Å². The largest absolute Gasteiger partial charge is 0.359 e. The van der Waals surface area contributed by atoms with Crippen molar-refractivity contribution in [3.63, 3.8) is 0 Å². The van der Waals surface area contributed by atoms with Gasteiger partial charge in [-0.05, 0) is 13.0 Å². The molecule has 2 aromatic heterocycles. The highest BCUT2D eigenvalue weighted by Gasteiger charge is 2.08. The number of aryl methyl sites for hydroxylation is 1. The molecule has 0 radical (unpaired) electrons. The first-order chi connectivity index (χ1) is 9.72. The average molecular weight is 267 g/mol. The highest BCUT2D eigenvalue weighted by atomic mass is 16.5. The molecule has 0 aliphatic carbocycles. The molecule has 0 aliphatic heterocycles. The summed E-state index contributed by atoms with van der Waals surface area (Å²) in [7, 11) is 0. The van der Waals surface area contributed by atoms with Crippen LogP contribution in [0.5, 0.6) is 0 Å². The van der Waals surface area contributed by atoms with E-state index in [4.69, 9.17) is 4.52 Å². The van der Waals surface area contributed by atoms with Crippen LogP contribution in [0.25, 0.3) is 11.3 Å². The van der Waals surface area contributed by atoms with Crippen molar-refractivity contribution in [3.05, 3.63) is 70.3 Å². The zero-order chi connectivity index (χ0) is 13.9. The van der Waals surface area contributed by atoms with Gasteiger partial charge in [0, 0.05) is 17.7 Å². The Bertz CT molecular complexity index is 775. The summed E-state index contributed by atoms with van der Waals surface area (Å²) >= 11 is 0. The molecule has 0 saturated heterocycles.